The summed E-state index contributed by atoms with van der Waals surface area (Å²) in [7, 11) is 0. The molecule has 6 aromatic carbocycles. The molecule has 6 heteroatoms. The molecule has 0 fully saturated rings. The summed E-state index contributed by atoms with van der Waals surface area (Å²) >= 11 is 0. The van der Waals surface area contributed by atoms with Gasteiger partial charge >= 0.3 is 0 Å². The van der Waals surface area contributed by atoms with Crippen molar-refractivity contribution in [2.45, 2.75) is 51.5 Å². The molecule has 0 spiro atoms. The van der Waals surface area contributed by atoms with Crippen LogP contribution < -0.4 is 23.7 Å². The Morgan fingerprint density at radius 3 is 1.48 bits per heavy atom. The summed E-state index contributed by atoms with van der Waals surface area (Å²) in [4.78, 5) is 0. The second kappa shape index (κ2) is 15.7. The zero-order valence-electron chi connectivity index (χ0n) is 28.0. The molecule has 1 heterocycles. The lowest BCUT2D eigenvalue weighted by atomic mass is 9.85. The number of ether oxygens (including phenoxy) is 5. The van der Waals surface area contributed by atoms with Crippen molar-refractivity contribution in [1.29, 1.82) is 0 Å². The fraction of sp³-hybridized carbons (Fsp3) is 0.182. The van der Waals surface area contributed by atoms with E-state index in [0.717, 1.165) is 33.4 Å². The minimum Gasteiger partial charge on any atom is -0.489 e. The van der Waals surface area contributed by atoms with Crippen molar-refractivity contribution in [3.8, 4) is 28.7 Å². The van der Waals surface area contributed by atoms with Crippen molar-refractivity contribution in [2.75, 3.05) is 0 Å². The van der Waals surface area contributed by atoms with Gasteiger partial charge in [0.15, 0.2) is 17.6 Å². The average molecular weight is 665 g/mol. The van der Waals surface area contributed by atoms with Crippen LogP contribution >= 0.6 is 0 Å². The lowest BCUT2D eigenvalue weighted by molar-refractivity contribution is 0.00221. The van der Waals surface area contributed by atoms with Crippen molar-refractivity contribution in [1.82, 2.24) is 0 Å². The number of rotatable bonds is 13. The van der Waals surface area contributed by atoms with E-state index < -0.39 is 12.2 Å². The van der Waals surface area contributed by atoms with Gasteiger partial charge in [-0.15, -0.1) is 0 Å². The maximum absolute atomic E-state index is 11.8. The molecule has 7 rings (SSSR count). The number of fused-ring (bicyclic) bond motifs is 1. The van der Waals surface area contributed by atoms with Gasteiger partial charge in [-0.3, -0.25) is 0 Å². The van der Waals surface area contributed by atoms with Crippen LogP contribution in [0.5, 0.6) is 28.7 Å². The Hall–Kier alpha value is -5.72. The van der Waals surface area contributed by atoms with Crippen LogP contribution in [0.15, 0.2) is 152 Å². The van der Waals surface area contributed by atoms with Crippen LogP contribution in [0.25, 0.3) is 0 Å². The molecule has 1 aliphatic heterocycles. The highest BCUT2D eigenvalue weighted by molar-refractivity contribution is 5.55. The Labute approximate surface area is 293 Å². The van der Waals surface area contributed by atoms with Crippen molar-refractivity contribution >= 4 is 0 Å². The summed E-state index contributed by atoms with van der Waals surface area (Å²) in [5.41, 5.74) is 5.76. The number of aliphatic hydroxyl groups excluding tert-OH is 1. The smallest absolute Gasteiger partial charge is 0.162 e. The molecule has 1 aliphatic rings. The van der Waals surface area contributed by atoms with Gasteiger partial charge in [-0.2, -0.15) is 0 Å². The highest BCUT2D eigenvalue weighted by atomic mass is 16.5. The van der Waals surface area contributed by atoms with Gasteiger partial charge in [0, 0.05) is 23.6 Å². The van der Waals surface area contributed by atoms with Crippen LogP contribution in [0.4, 0.5) is 0 Å². The molecule has 0 saturated carbocycles. The molecular formula is C44H40O6. The summed E-state index contributed by atoms with van der Waals surface area (Å²) in [6.07, 6.45) is -1.54. The van der Waals surface area contributed by atoms with E-state index in [2.05, 4.69) is 0 Å². The van der Waals surface area contributed by atoms with Gasteiger partial charge < -0.3 is 28.8 Å². The largest absolute Gasteiger partial charge is 0.489 e. The first-order chi connectivity index (χ1) is 24.6. The maximum atomic E-state index is 11.8. The second-order valence-corrected chi connectivity index (χ2v) is 12.5. The van der Waals surface area contributed by atoms with Crippen LogP contribution in [-0.4, -0.2) is 11.2 Å². The van der Waals surface area contributed by atoms with Crippen molar-refractivity contribution in [3.63, 3.8) is 0 Å². The fourth-order valence-corrected chi connectivity index (χ4v) is 6.11. The molecule has 6 nitrogen and oxygen atoms in total. The minimum atomic E-state index is -0.865. The molecule has 6 aromatic rings. The van der Waals surface area contributed by atoms with E-state index in [9.17, 15) is 5.11 Å². The zero-order valence-corrected chi connectivity index (χ0v) is 28.0. The van der Waals surface area contributed by atoms with Gasteiger partial charge in [-0.1, -0.05) is 134 Å². The highest BCUT2D eigenvalue weighted by Gasteiger charge is 2.38. The van der Waals surface area contributed by atoms with Gasteiger partial charge in [0.1, 0.15) is 49.8 Å². The van der Waals surface area contributed by atoms with Crippen LogP contribution in [-0.2, 0) is 26.4 Å². The van der Waals surface area contributed by atoms with E-state index in [1.165, 1.54) is 0 Å². The van der Waals surface area contributed by atoms with Gasteiger partial charge in [-0.05, 0) is 39.9 Å². The lowest BCUT2D eigenvalue weighted by Crippen LogP contribution is -2.33. The van der Waals surface area contributed by atoms with Gasteiger partial charge in [-0.25, -0.2) is 0 Å². The Balaban J connectivity index is 1.19. The van der Waals surface area contributed by atoms with E-state index in [1.807, 2.05) is 159 Å². The third-order valence-corrected chi connectivity index (χ3v) is 8.87. The number of aliphatic hydroxyl groups is 1. The van der Waals surface area contributed by atoms with E-state index >= 15 is 0 Å². The van der Waals surface area contributed by atoms with Crippen LogP contribution in [0.3, 0.4) is 0 Å². The van der Waals surface area contributed by atoms with Crippen LogP contribution in [0, 0.1) is 0 Å². The molecule has 1 N–H and O–H groups in total. The number of hydrogen-bond acceptors (Lipinski definition) is 6. The van der Waals surface area contributed by atoms with E-state index in [4.69, 9.17) is 23.7 Å². The topological polar surface area (TPSA) is 66.4 Å². The molecule has 0 aliphatic carbocycles. The maximum Gasteiger partial charge on any atom is 0.162 e. The predicted octanol–water partition coefficient (Wildman–Crippen LogP) is 9.60. The van der Waals surface area contributed by atoms with Gasteiger partial charge in [0.25, 0.3) is 0 Å². The van der Waals surface area contributed by atoms with Gasteiger partial charge in [0.2, 0.25) is 0 Å². The zero-order chi connectivity index (χ0) is 34.1. The molecule has 252 valence electrons. The van der Waals surface area contributed by atoms with Crippen molar-refractivity contribution in [3.05, 3.63) is 185 Å². The molecule has 0 bridgehead atoms. The SMILES string of the molecule is CC1c2c(OCc3ccccc3)cc(OCc3ccccc3)cc2O[C@H](c2ccc(OCc3ccccc3)c(OCc3ccccc3)c2)[C@@H]1O. The molecular weight excluding hydrogens is 624 g/mol. The third kappa shape index (κ3) is 7.94. The normalized spacial score (nSPS) is 16.5. The summed E-state index contributed by atoms with van der Waals surface area (Å²) in [6, 6.07) is 49.6. The average Bonchev–Trinajstić information content (AvgIpc) is 3.17. The van der Waals surface area contributed by atoms with E-state index in [1.54, 1.807) is 0 Å². The third-order valence-electron chi connectivity index (χ3n) is 8.87. The summed E-state index contributed by atoms with van der Waals surface area (Å²) < 4.78 is 32.0. The molecule has 0 amide bonds. The first-order valence-corrected chi connectivity index (χ1v) is 16.9. The molecule has 0 aromatic heterocycles. The Bertz CT molecular complexity index is 1970. The van der Waals surface area contributed by atoms with Crippen LogP contribution in [0.2, 0.25) is 0 Å². The Morgan fingerprint density at radius 1 is 0.500 bits per heavy atom. The molecule has 1 unspecified atom stereocenters. The molecule has 3 atom stereocenters. The fourth-order valence-electron chi connectivity index (χ4n) is 6.11. The van der Waals surface area contributed by atoms with Crippen molar-refractivity contribution in [2.24, 2.45) is 0 Å². The van der Waals surface area contributed by atoms with Crippen molar-refractivity contribution < 1.29 is 28.8 Å². The predicted molar refractivity (Wildman–Crippen MR) is 194 cm³/mol. The minimum absolute atomic E-state index is 0.305. The van der Waals surface area contributed by atoms with Gasteiger partial charge in [0.05, 0.1) is 0 Å². The summed E-state index contributed by atoms with van der Waals surface area (Å²) in [5.74, 6) is 2.73. The molecule has 0 radical (unpaired) electrons. The first-order valence-electron chi connectivity index (χ1n) is 16.9. The van der Waals surface area contributed by atoms with Crippen LogP contribution in [0.1, 0.15) is 52.3 Å². The highest BCUT2D eigenvalue weighted by Crippen LogP contribution is 2.49. The van der Waals surface area contributed by atoms with E-state index in [0.29, 0.717) is 55.2 Å². The first kappa shape index (κ1) is 32.8. The summed E-state index contributed by atoms with van der Waals surface area (Å²) in [5, 5.41) is 11.8. The molecule has 0 saturated heterocycles. The van der Waals surface area contributed by atoms with E-state index in [-0.39, 0.29) is 5.92 Å². The second-order valence-electron chi connectivity index (χ2n) is 12.5. The standard InChI is InChI=1S/C44H40O6/c1-31-42-40(49-30-35-20-12-5-13-21-35)25-37(46-27-32-14-6-2-7-15-32)26-41(42)50-44(43(31)45)36-22-23-38(47-28-33-16-8-3-9-17-33)39(24-36)48-29-34-18-10-4-11-19-34/h2-26,31,43-45H,27-30H2,1H3/t31?,43-,44-/m1/s1. The molecule has 50 heavy (non-hydrogen) atoms. The summed E-state index contributed by atoms with van der Waals surface area (Å²) in [6.45, 7) is 3.53. The Kier molecular flexibility index (Phi) is 10.3. The quantitative estimate of drug-likeness (QED) is 0.133. The number of benzene rings is 6. The number of hydrogen-bond donors (Lipinski definition) is 1. The lowest BCUT2D eigenvalue weighted by Gasteiger charge is -2.36. The Morgan fingerprint density at radius 2 is 0.960 bits per heavy atom. The monoisotopic (exact) mass is 664 g/mol.